The Balaban J connectivity index is 1.91. The van der Waals surface area contributed by atoms with Crippen LogP contribution in [-0.4, -0.2) is 28.8 Å². The van der Waals surface area contributed by atoms with Crippen LogP contribution in [0.4, 0.5) is 0 Å². The van der Waals surface area contributed by atoms with Crippen LogP contribution in [0, 0.1) is 0 Å². The van der Waals surface area contributed by atoms with Gasteiger partial charge in [-0.1, -0.05) is 0 Å². The Labute approximate surface area is 91.9 Å². The number of carboxylic acids is 1. The van der Waals surface area contributed by atoms with E-state index < -0.39 is 5.97 Å². The number of hydrogen-bond acceptors (Lipinski definition) is 4. The van der Waals surface area contributed by atoms with Crippen LogP contribution in [-0.2, 0) is 22.4 Å². The van der Waals surface area contributed by atoms with E-state index in [4.69, 9.17) is 9.84 Å². The molecule has 82 valence electrons. The number of carboxylic acid groups (broad SMARTS) is 1. The minimum atomic E-state index is -0.803. The molecule has 0 aliphatic carbocycles. The molecule has 2 rings (SSSR count). The van der Waals surface area contributed by atoms with Gasteiger partial charge in [0, 0.05) is 24.1 Å². The monoisotopic (exact) mass is 227 g/mol. The second-order valence-corrected chi connectivity index (χ2v) is 4.83. The Hall–Kier alpha value is -0.940. The fourth-order valence-corrected chi connectivity index (χ4v) is 2.65. The third-order valence-electron chi connectivity index (χ3n) is 2.35. The fourth-order valence-electron chi connectivity index (χ4n) is 1.67. The summed E-state index contributed by atoms with van der Waals surface area (Å²) in [6.45, 7) is 0.845. The average molecular weight is 227 g/mol. The van der Waals surface area contributed by atoms with Gasteiger partial charge in [0.15, 0.2) is 0 Å². The van der Waals surface area contributed by atoms with E-state index in [0.29, 0.717) is 0 Å². The molecule has 0 spiro atoms. The normalized spacial score (nSPS) is 20.7. The van der Waals surface area contributed by atoms with E-state index in [0.717, 1.165) is 35.8 Å². The number of carbonyl (C=O) groups is 1. The van der Waals surface area contributed by atoms with Crippen molar-refractivity contribution in [3.63, 3.8) is 0 Å². The third kappa shape index (κ3) is 3.00. The van der Waals surface area contributed by atoms with Gasteiger partial charge in [-0.25, -0.2) is 4.98 Å². The highest BCUT2D eigenvalue weighted by molar-refractivity contribution is 7.11. The molecule has 1 N–H and O–H groups in total. The molecule has 1 aliphatic heterocycles. The van der Waals surface area contributed by atoms with Crippen molar-refractivity contribution < 1.29 is 14.6 Å². The number of rotatable bonds is 4. The lowest BCUT2D eigenvalue weighted by atomic mass is 10.2. The summed E-state index contributed by atoms with van der Waals surface area (Å²) in [6.07, 6.45) is 5.05. The molecule has 5 heteroatoms. The standard InChI is InChI=1S/C10H13NO3S/c12-10(13)5-8-6-11-9(15-8)4-7-2-1-3-14-7/h6-7H,1-5H2,(H,12,13). The largest absolute Gasteiger partial charge is 0.481 e. The number of nitrogens with zero attached hydrogens (tertiary/aromatic N) is 1. The van der Waals surface area contributed by atoms with E-state index in [2.05, 4.69) is 4.98 Å². The number of aromatic nitrogens is 1. The molecule has 0 aromatic carbocycles. The second-order valence-electron chi connectivity index (χ2n) is 3.63. The van der Waals surface area contributed by atoms with Gasteiger partial charge in [0.1, 0.15) is 0 Å². The molecular weight excluding hydrogens is 214 g/mol. The summed E-state index contributed by atoms with van der Waals surface area (Å²) < 4.78 is 5.50. The zero-order valence-electron chi connectivity index (χ0n) is 8.31. The van der Waals surface area contributed by atoms with Gasteiger partial charge in [-0.3, -0.25) is 4.79 Å². The molecule has 2 heterocycles. The summed E-state index contributed by atoms with van der Waals surface area (Å²) in [4.78, 5) is 15.5. The summed E-state index contributed by atoms with van der Waals surface area (Å²) in [6, 6.07) is 0. The highest BCUT2D eigenvalue weighted by Gasteiger charge is 2.17. The Bertz CT molecular complexity index is 344. The van der Waals surface area contributed by atoms with E-state index in [-0.39, 0.29) is 12.5 Å². The number of thiazole rings is 1. The van der Waals surface area contributed by atoms with Gasteiger partial charge < -0.3 is 9.84 Å². The lowest BCUT2D eigenvalue weighted by molar-refractivity contribution is -0.136. The van der Waals surface area contributed by atoms with E-state index >= 15 is 0 Å². The molecule has 1 aliphatic rings. The molecule has 1 atom stereocenters. The molecule has 0 bridgehead atoms. The number of aliphatic carboxylic acids is 1. The van der Waals surface area contributed by atoms with Crippen LogP contribution in [0.5, 0.6) is 0 Å². The first-order valence-electron chi connectivity index (χ1n) is 5.01. The highest BCUT2D eigenvalue weighted by atomic mass is 32.1. The smallest absolute Gasteiger partial charge is 0.308 e. The van der Waals surface area contributed by atoms with E-state index in [1.165, 1.54) is 11.3 Å². The summed E-state index contributed by atoms with van der Waals surface area (Å²) >= 11 is 1.48. The zero-order chi connectivity index (χ0) is 10.7. The molecule has 1 aromatic rings. The molecule has 4 nitrogen and oxygen atoms in total. The predicted molar refractivity (Wildman–Crippen MR) is 56.1 cm³/mol. The molecule has 0 amide bonds. The van der Waals surface area contributed by atoms with Crippen LogP contribution in [0.3, 0.4) is 0 Å². The first kappa shape index (κ1) is 10.6. The quantitative estimate of drug-likeness (QED) is 0.846. The van der Waals surface area contributed by atoms with Gasteiger partial charge in [0.25, 0.3) is 0 Å². The second kappa shape index (κ2) is 4.72. The van der Waals surface area contributed by atoms with Gasteiger partial charge >= 0.3 is 5.97 Å². The Morgan fingerprint density at radius 3 is 3.27 bits per heavy atom. The van der Waals surface area contributed by atoms with Crippen molar-refractivity contribution in [1.29, 1.82) is 0 Å². The van der Waals surface area contributed by atoms with Crippen molar-refractivity contribution in [3.8, 4) is 0 Å². The molecule has 1 unspecified atom stereocenters. The average Bonchev–Trinajstić information content (AvgIpc) is 2.77. The van der Waals surface area contributed by atoms with Crippen molar-refractivity contribution in [3.05, 3.63) is 16.1 Å². The van der Waals surface area contributed by atoms with E-state index in [1.807, 2.05) is 0 Å². The van der Waals surface area contributed by atoms with Crippen LogP contribution in [0.25, 0.3) is 0 Å². The van der Waals surface area contributed by atoms with Crippen LogP contribution in [0.15, 0.2) is 6.20 Å². The lowest BCUT2D eigenvalue weighted by Gasteiger charge is -2.05. The van der Waals surface area contributed by atoms with Crippen LogP contribution < -0.4 is 0 Å². The molecule has 1 saturated heterocycles. The topological polar surface area (TPSA) is 59.4 Å². The van der Waals surface area contributed by atoms with Crippen molar-refractivity contribution in [1.82, 2.24) is 4.98 Å². The van der Waals surface area contributed by atoms with Crippen molar-refractivity contribution in [2.45, 2.75) is 31.8 Å². The fraction of sp³-hybridized carbons (Fsp3) is 0.600. The first-order valence-corrected chi connectivity index (χ1v) is 5.82. The lowest BCUT2D eigenvalue weighted by Crippen LogP contribution is -2.08. The molecule has 0 radical (unpaired) electrons. The summed E-state index contributed by atoms with van der Waals surface area (Å²) in [5, 5.41) is 9.60. The Morgan fingerprint density at radius 2 is 2.60 bits per heavy atom. The highest BCUT2D eigenvalue weighted by Crippen LogP contribution is 2.20. The van der Waals surface area contributed by atoms with Crippen LogP contribution >= 0.6 is 11.3 Å². The van der Waals surface area contributed by atoms with Crippen molar-refractivity contribution in [2.75, 3.05) is 6.61 Å². The van der Waals surface area contributed by atoms with Crippen molar-refractivity contribution >= 4 is 17.3 Å². The van der Waals surface area contributed by atoms with Gasteiger partial charge in [-0.05, 0) is 12.8 Å². The SMILES string of the molecule is O=C(O)Cc1cnc(CC2CCCO2)s1. The predicted octanol–water partition coefficient (Wildman–Crippen LogP) is 1.49. The molecule has 15 heavy (non-hydrogen) atoms. The van der Waals surface area contributed by atoms with E-state index in [1.54, 1.807) is 6.20 Å². The maximum Gasteiger partial charge on any atom is 0.308 e. The maximum absolute atomic E-state index is 10.5. The minimum absolute atomic E-state index is 0.0726. The van der Waals surface area contributed by atoms with Crippen LogP contribution in [0.2, 0.25) is 0 Å². The summed E-state index contributed by atoms with van der Waals surface area (Å²) in [5.74, 6) is -0.803. The van der Waals surface area contributed by atoms with Gasteiger partial charge in [-0.2, -0.15) is 0 Å². The summed E-state index contributed by atoms with van der Waals surface area (Å²) in [7, 11) is 0. The van der Waals surface area contributed by atoms with Crippen LogP contribution in [0.1, 0.15) is 22.7 Å². The number of ether oxygens (including phenoxy) is 1. The molecular formula is C10H13NO3S. The minimum Gasteiger partial charge on any atom is -0.481 e. The maximum atomic E-state index is 10.5. The molecule has 1 aromatic heterocycles. The van der Waals surface area contributed by atoms with Gasteiger partial charge in [0.05, 0.1) is 17.5 Å². The first-order chi connectivity index (χ1) is 7.24. The molecule has 1 fully saturated rings. The zero-order valence-corrected chi connectivity index (χ0v) is 9.13. The van der Waals surface area contributed by atoms with Gasteiger partial charge in [0.2, 0.25) is 0 Å². The summed E-state index contributed by atoms with van der Waals surface area (Å²) in [5.41, 5.74) is 0. The van der Waals surface area contributed by atoms with E-state index in [9.17, 15) is 4.79 Å². The number of hydrogen-bond donors (Lipinski definition) is 1. The van der Waals surface area contributed by atoms with Gasteiger partial charge in [-0.15, -0.1) is 11.3 Å². The third-order valence-corrected chi connectivity index (χ3v) is 3.37. The molecule has 0 saturated carbocycles. The van der Waals surface area contributed by atoms with Crippen molar-refractivity contribution in [2.24, 2.45) is 0 Å². The Kier molecular flexibility index (Phi) is 3.33. The Morgan fingerprint density at radius 1 is 1.73 bits per heavy atom.